The van der Waals surface area contributed by atoms with Crippen LogP contribution in [0.4, 0.5) is 0 Å². The number of aryl methyl sites for hydroxylation is 1. The molecule has 4 heterocycles. The summed E-state index contributed by atoms with van der Waals surface area (Å²) in [6.45, 7) is 6.72. The molecule has 2 saturated heterocycles. The molecule has 4 rings (SSSR count). The summed E-state index contributed by atoms with van der Waals surface area (Å²) in [5.74, 6) is 1.80. The first kappa shape index (κ1) is 16.3. The minimum atomic E-state index is 0.00885. The monoisotopic (exact) mass is 339 g/mol. The summed E-state index contributed by atoms with van der Waals surface area (Å²) in [5, 5.41) is 0. The Kier molecular flexibility index (Phi) is 4.57. The zero-order valence-corrected chi connectivity index (χ0v) is 14.8. The molecule has 5 heteroatoms. The Bertz CT molecular complexity index is 729. The van der Waals surface area contributed by atoms with Gasteiger partial charge in [0.15, 0.2) is 5.76 Å². The Labute approximate surface area is 148 Å². The number of hydrogen-bond donors (Lipinski definition) is 0. The van der Waals surface area contributed by atoms with Gasteiger partial charge in [-0.05, 0) is 44.1 Å². The van der Waals surface area contributed by atoms with Crippen LogP contribution in [0.15, 0.2) is 34.9 Å². The first-order chi connectivity index (χ1) is 12.2. The quantitative estimate of drug-likeness (QED) is 0.840. The molecule has 0 aromatic carbocycles. The summed E-state index contributed by atoms with van der Waals surface area (Å²) in [7, 11) is 0. The Balaban J connectivity index is 1.41. The van der Waals surface area contributed by atoms with E-state index in [1.165, 1.54) is 18.4 Å². The highest BCUT2D eigenvalue weighted by Gasteiger charge is 2.34. The third-order valence-corrected chi connectivity index (χ3v) is 5.30. The number of pyridine rings is 1. The van der Waals surface area contributed by atoms with E-state index < -0.39 is 0 Å². The highest BCUT2D eigenvalue weighted by Crippen LogP contribution is 2.28. The summed E-state index contributed by atoms with van der Waals surface area (Å²) in [5.41, 5.74) is 2.24. The average Bonchev–Trinajstić information content (AvgIpc) is 3.24. The van der Waals surface area contributed by atoms with Crippen LogP contribution < -0.4 is 0 Å². The minimum Gasteiger partial charge on any atom is -0.456 e. The number of aromatic nitrogens is 1. The van der Waals surface area contributed by atoms with Gasteiger partial charge in [0.1, 0.15) is 5.76 Å². The smallest absolute Gasteiger partial charge is 0.289 e. The van der Waals surface area contributed by atoms with Crippen molar-refractivity contribution in [2.24, 2.45) is 0 Å². The fourth-order valence-electron chi connectivity index (χ4n) is 3.79. The third kappa shape index (κ3) is 3.33. The molecule has 2 fully saturated rings. The molecule has 0 N–H and O–H groups in total. The van der Waals surface area contributed by atoms with E-state index in [0.717, 1.165) is 50.6 Å². The zero-order chi connectivity index (χ0) is 17.2. The molecule has 2 aliphatic rings. The molecule has 0 bridgehead atoms. The number of rotatable bonds is 5. The number of hydrogen-bond acceptors (Lipinski definition) is 4. The molecule has 0 atom stereocenters. The van der Waals surface area contributed by atoms with Gasteiger partial charge in [0.2, 0.25) is 0 Å². The molecule has 0 unspecified atom stereocenters. The van der Waals surface area contributed by atoms with Crippen LogP contribution in [0.5, 0.6) is 0 Å². The number of likely N-dealkylation sites (tertiary alicyclic amines) is 2. The van der Waals surface area contributed by atoms with E-state index in [1.807, 2.05) is 35.4 Å². The highest BCUT2D eigenvalue weighted by atomic mass is 16.4. The second-order valence-electron chi connectivity index (χ2n) is 7.06. The first-order valence-corrected chi connectivity index (χ1v) is 9.28. The lowest BCUT2D eigenvalue weighted by molar-refractivity contribution is 0.0564. The molecule has 2 aromatic heterocycles. The van der Waals surface area contributed by atoms with Crippen LogP contribution in [0.3, 0.4) is 0 Å². The molecule has 2 aliphatic heterocycles. The van der Waals surface area contributed by atoms with E-state index in [9.17, 15) is 4.79 Å². The van der Waals surface area contributed by atoms with Gasteiger partial charge in [-0.2, -0.15) is 0 Å². The number of nitrogens with zero attached hydrogens (tertiary/aromatic N) is 3. The lowest BCUT2D eigenvalue weighted by Gasteiger charge is -2.38. The summed E-state index contributed by atoms with van der Waals surface area (Å²) in [6.07, 6.45) is 5.18. The van der Waals surface area contributed by atoms with Gasteiger partial charge in [-0.15, -0.1) is 0 Å². The van der Waals surface area contributed by atoms with Crippen molar-refractivity contribution in [3.05, 3.63) is 53.2 Å². The van der Waals surface area contributed by atoms with E-state index in [4.69, 9.17) is 4.42 Å². The molecule has 132 valence electrons. The fraction of sp³-hybridized carbons (Fsp3) is 0.500. The average molecular weight is 339 g/mol. The van der Waals surface area contributed by atoms with E-state index in [2.05, 4.69) is 16.8 Å². The van der Waals surface area contributed by atoms with Crippen LogP contribution in [0.2, 0.25) is 0 Å². The molecule has 25 heavy (non-hydrogen) atoms. The second-order valence-corrected chi connectivity index (χ2v) is 7.06. The highest BCUT2D eigenvalue weighted by molar-refractivity contribution is 5.92. The largest absolute Gasteiger partial charge is 0.456 e. The third-order valence-electron chi connectivity index (χ3n) is 5.30. The molecule has 0 saturated carbocycles. The molecule has 0 radical (unpaired) electrons. The molecule has 5 nitrogen and oxygen atoms in total. The maximum absolute atomic E-state index is 12.7. The van der Waals surface area contributed by atoms with Crippen LogP contribution >= 0.6 is 0 Å². The summed E-state index contributed by atoms with van der Waals surface area (Å²) in [6, 6.07) is 7.91. The van der Waals surface area contributed by atoms with Crippen molar-refractivity contribution in [2.75, 3.05) is 26.2 Å². The predicted octanol–water partition coefficient (Wildman–Crippen LogP) is 3.07. The van der Waals surface area contributed by atoms with Crippen molar-refractivity contribution in [2.45, 2.75) is 38.6 Å². The SMILES string of the molecule is CCc1oc(C(=O)N2CC(c3ccccn3)C2)cc1CN1CCCC1. The predicted molar refractivity (Wildman–Crippen MR) is 95.5 cm³/mol. The van der Waals surface area contributed by atoms with Crippen LogP contribution in [0.25, 0.3) is 0 Å². The van der Waals surface area contributed by atoms with Gasteiger partial charge in [0.05, 0.1) is 0 Å². The fourth-order valence-corrected chi connectivity index (χ4v) is 3.79. The Morgan fingerprint density at radius 1 is 1.28 bits per heavy atom. The normalized spacial score (nSPS) is 18.5. The van der Waals surface area contributed by atoms with Crippen LogP contribution in [-0.2, 0) is 13.0 Å². The Hall–Kier alpha value is -2.14. The molecule has 2 aromatic rings. The topological polar surface area (TPSA) is 49.6 Å². The van der Waals surface area contributed by atoms with Gasteiger partial charge in [-0.1, -0.05) is 13.0 Å². The molecule has 0 spiro atoms. The van der Waals surface area contributed by atoms with Crippen molar-refractivity contribution < 1.29 is 9.21 Å². The van der Waals surface area contributed by atoms with Gasteiger partial charge in [0.25, 0.3) is 5.91 Å². The molecular weight excluding hydrogens is 314 g/mol. The number of carbonyl (C=O) groups is 1. The Morgan fingerprint density at radius 2 is 2.08 bits per heavy atom. The summed E-state index contributed by atoms with van der Waals surface area (Å²) < 4.78 is 5.90. The second kappa shape index (κ2) is 7.00. The number of amides is 1. The molecular formula is C20H25N3O2. The number of furan rings is 1. The van der Waals surface area contributed by atoms with Crippen molar-refractivity contribution in [1.29, 1.82) is 0 Å². The summed E-state index contributed by atoms with van der Waals surface area (Å²) >= 11 is 0. The van der Waals surface area contributed by atoms with Crippen molar-refractivity contribution >= 4 is 5.91 Å². The van der Waals surface area contributed by atoms with Gasteiger partial charge >= 0.3 is 0 Å². The minimum absolute atomic E-state index is 0.00885. The van der Waals surface area contributed by atoms with Crippen LogP contribution in [-0.4, -0.2) is 46.9 Å². The van der Waals surface area contributed by atoms with Gasteiger partial charge in [-0.25, -0.2) is 0 Å². The number of carbonyl (C=O) groups excluding carboxylic acids is 1. The van der Waals surface area contributed by atoms with Gasteiger partial charge in [0, 0.05) is 49.4 Å². The van der Waals surface area contributed by atoms with E-state index >= 15 is 0 Å². The lowest BCUT2D eigenvalue weighted by Crippen LogP contribution is -2.48. The van der Waals surface area contributed by atoms with Crippen molar-refractivity contribution in [3.63, 3.8) is 0 Å². The Morgan fingerprint density at radius 3 is 2.76 bits per heavy atom. The van der Waals surface area contributed by atoms with E-state index in [-0.39, 0.29) is 5.91 Å². The van der Waals surface area contributed by atoms with Gasteiger partial charge in [-0.3, -0.25) is 14.7 Å². The van der Waals surface area contributed by atoms with Crippen LogP contribution in [0.1, 0.15) is 53.3 Å². The maximum Gasteiger partial charge on any atom is 0.289 e. The maximum atomic E-state index is 12.7. The van der Waals surface area contributed by atoms with Crippen molar-refractivity contribution in [3.8, 4) is 0 Å². The van der Waals surface area contributed by atoms with Crippen LogP contribution in [0, 0.1) is 0 Å². The molecule has 1 amide bonds. The van der Waals surface area contributed by atoms with Crippen molar-refractivity contribution in [1.82, 2.24) is 14.8 Å². The first-order valence-electron chi connectivity index (χ1n) is 9.28. The lowest BCUT2D eigenvalue weighted by atomic mass is 9.95. The standard InChI is InChI=1S/C20H25N3O2/c1-2-18-15(12-22-9-5-6-10-22)11-19(25-18)20(24)23-13-16(14-23)17-7-3-4-8-21-17/h3-4,7-8,11,16H,2,5-6,9-10,12-14H2,1H3. The zero-order valence-electron chi connectivity index (χ0n) is 14.8. The van der Waals surface area contributed by atoms with E-state index in [1.54, 1.807) is 0 Å². The summed E-state index contributed by atoms with van der Waals surface area (Å²) in [4.78, 5) is 21.4. The van der Waals surface area contributed by atoms with Gasteiger partial charge < -0.3 is 9.32 Å². The van der Waals surface area contributed by atoms with E-state index in [0.29, 0.717) is 11.7 Å². The molecule has 0 aliphatic carbocycles.